The lowest BCUT2D eigenvalue weighted by Gasteiger charge is -2.14. The third-order valence-electron chi connectivity index (χ3n) is 3.67. The van der Waals surface area contributed by atoms with Crippen LogP contribution in [0.5, 0.6) is 0 Å². The van der Waals surface area contributed by atoms with Crippen LogP contribution >= 0.6 is 23.4 Å². The van der Waals surface area contributed by atoms with E-state index in [1.807, 2.05) is 67.6 Å². The summed E-state index contributed by atoms with van der Waals surface area (Å²) >= 11 is 7.32. The van der Waals surface area contributed by atoms with Gasteiger partial charge in [0.05, 0.1) is 22.3 Å². The van der Waals surface area contributed by atoms with E-state index in [-0.39, 0.29) is 11.9 Å². The molecule has 0 aliphatic carbocycles. The van der Waals surface area contributed by atoms with Gasteiger partial charge in [-0.3, -0.25) is 4.79 Å². The summed E-state index contributed by atoms with van der Waals surface area (Å²) in [4.78, 5) is 16.7. The molecule has 1 amide bonds. The number of thioether (sulfide) groups is 1. The molecule has 0 aliphatic heterocycles. The third kappa shape index (κ3) is 4.28. The van der Waals surface area contributed by atoms with Crippen LogP contribution in [0.3, 0.4) is 0 Å². The highest BCUT2D eigenvalue weighted by atomic mass is 35.5. The Labute approximate surface area is 150 Å². The van der Waals surface area contributed by atoms with E-state index in [9.17, 15) is 4.79 Å². The SMILES string of the molecule is C[C@H](NC(=O)CSc1ccc2ccccc2n1)c1ccc(Cl)cc1. The van der Waals surface area contributed by atoms with Crippen molar-refractivity contribution < 1.29 is 4.79 Å². The van der Waals surface area contributed by atoms with Gasteiger partial charge in [0, 0.05) is 10.4 Å². The van der Waals surface area contributed by atoms with E-state index in [1.165, 1.54) is 11.8 Å². The number of nitrogens with one attached hydrogen (secondary N) is 1. The van der Waals surface area contributed by atoms with Crippen LogP contribution in [0.1, 0.15) is 18.5 Å². The topological polar surface area (TPSA) is 42.0 Å². The summed E-state index contributed by atoms with van der Waals surface area (Å²) in [7, 11) is 0. The molecular weight excluding hydrogens is 340 g/mol. The predicted octanol–water partition coefficient (Wildman–Crippen LogP) is 4.86. The monoisotopic (exact) mass is 356 g/mol. The maximum absolute atomic E-state index is 12.1. The minimum atomic E-state index is -0.0556. The number of carbonyl (C=O) groups is 1. The molecule has 5 heteroatoms. The number of benzene rings is 2. The normalized spacial score (nSPS) is 12.1. The van der Waals surface area contributed by atoms with Gasteiger partial charge in [0.1, 0.15) is 0 Å². The lowest BCUT2D eigenvalue weighted by atomic mass is 10.1. The Hall–Kier alpha value is -2.04. The molecule has 0 spiro atoms. The van der Waals surface area contributed by atoms with Crippen molar-refractivity contribution in [3.63, 3.8) is 0 Å². The minimum absolute atomic E-state index is 0.0163. The van der Waals surface area contributed by atoms with Crippen LogP contribution in [-0.2, 0) is 4.79 Å². The van der Waals surface area contributed by atoms with Crippen molar-refractivity contribution in [2.24, 2.45) is 0 Å². The highest BCUT2D eigenvalue weighted by molar-refractivity contribution is 7.99. The van der Waals surface area contributed by atoms with Crippen LogP contribution in [0.25, 0.3) is 10.9 Å². The zero-order valence-electron chi connectivity index (χ0n) is 13.2. The van der Waals surface area contributed by atoms with Gasteiger partial charge in [-0.25, -0.2) is 4.98 Å². The Bertz CT molecular complexity index is 851. The fourth-order valence-corrected chi connectivity index (χ4v) is 3.20. The molecule has 0 radical (unpaired) electrons. The second kappa shape index (κ2) is 7.69. The van der Waals surface area contributed by atoms with E-state index in [0.717, 1.165) is 21.5 Å². The molecular formula is C19H17ClN2OS. The van der Waals surface area contributed by atoms with Gasteiger partial charge in [-0.2, -0.15) is 0 Å². The molecule has 0 unspecified atom stereocenters. The van der Waals surface area contributed by atoms with E-state index in [2.05, 4.69) is 10.3 Å². The van der Waals surface area contributed by atoms with Gasteiger partial charge < -0.3 is 5.32 Å². The number of hydrogen-bond acceptors (Lipinski definition) is 3. The summed E-state index contributed by atoms with van der Waals surface area (Å²) in [6.07, 6.45) is 0. The fourth-order valence-electron chi connectivity index (χ4n) is 2.39. The Morgan fingerprint density at radius 3 is 2.67 bits per heavy atom. The number of halogens is 1. The maximum atomic E-state index is 12.1. The standard InChI is InChI=1S/C19H17ClN2OS/c1-13(14-6-9-16(20)10-7-14)21-18(23)12-24-19-11-8-15-4-2-3-5-17(15)22-19/h2-11,13H,12H2,1H3,(H,21,23)/t13-/m0/s1. The lowest BCUT2D eigenvalue weighted by molar-refractivity contribution is -0.119. The van der Waals surface area contributed by atoms with Gasteiger partial charge in [-0.15, -0.1) is 0 Å². The number of carbonyl (C=O) groups excluding carboxylic acids is 1. The molecule has 3 rings (SSSR count). The average Bonchev–Trinajstić information content (AvgIpc) is 2.60. The second-order valence-corrected chi connectivity index (χ2v) is 6.90. The second-order valence-electron chi connectivity index (χ2n) is 5.47. The molecule has 0 saturated heterocycles. The molecule has 24 heavy (non-hydrogen) atoms. The van der Waals surface area contributed by atoms with Crippen molar-refractivity contribution in [1.29, 1.82) is 0 Å². The average molecular weight is 357 g/mol. The first-order valence-corrected chi connectivity index (χ1v) is 9.01. The first kappa shape index (κ1) is 16.8. The molecule has 1 N–H and O–H groups in total. The van der Waals surface area contributed by atoms with Crippen LogP contribution in [0.15, 0.2) is 65.7 Å². The summed E-state index contributed by atoms with van der Waals surface area (Å²) in [5, 5.41) is 5.63. The number of amides is 1. The minimum Gasteiger partial charge on any atom is -0.349 e. The van der Waals surface area contributed by atoms with Crippen molar-refractivity contribution in [1.82, 2.24) is 10.3 Å². The Balaban J connectivity index is 1.57. The van der Waals surface area contributed by atoms with E-state index in [4.69, 9.17) is 11.6 Å². The number of fused-ring (bicyclic) bond motifs is 1. The largest absolute Gasteiger partial charge is 0.349 e. The van der Waals surface area contributed by atoms with Gasteiger partial charge in [-0.1, -0.05) is 59.8 Å². The summed E-state index contributed by atoms with van der Waals surface area (Å²) in [6, 6.07) is 19.4. The van der Waals surface area contributed by atoms with Crippen LogP contribution < -0.4 is 5.32 Å². The van der Waals surface area contributed by atoms with Gasteiger partial charge in [0.25, 0.3) is 0 Å². The van der Waals surface area contributed by atoms with Crippen LogP contribution in [0.4, 0.5) is 0 Å². The zero-order chi connectivity index (χ0) is 16.9. The van der Waals surface area contributed by atoms with Crippen LogP contribution in [0, 0.1) is 0 Å². The molecule has 122 valence electrons. The van der Waals surface area contributed by atoms with Crippen molar-refractivity contribution in [3.8, 4) is 0 Å². The van der Waals surface area contributed by atoms with Gasteiger partial charge in [-0.05, 0) is 36.8 Å². The molecule has 0 aliphatic rings. The zero-order valence-corrected chi connectivity index (χ0v) is 14.8. The smallest absolute Gasteiger partial charge is 0.230 e. The van der Waals surface area contributed by atoms with Crippen LogP contribution in [-0.4, -0.2) is 16.6 Å². The van der Waals surface area contributed by atoms with E-state index in [1.54, 1.807) is 0 Å². The molecule has 0 saturated carbocycles. The number of nitrogens with zero attached hydrogens (tertiary/aromatic N) is 1. The Morgan fingerprint density at radius 1 is 1.12 bits per heavy atom. The van der Waals surface area contributed by atoms with Crippen molar-refractivity contribution in [2.45, 2.75) is 18.0 Å². The van der Waals surface area contributed by atoms with Crippen molar-refractivity contribution in [2.75, 3.05) is 5.75 Å². The highest BCUT2D eigenvalue weighted by Gasteiger charge is 2.10. The molecule has 3 aromatic rings. The van der Waals surface area contributed by atoms with Crippen LogP contribution in [0.2, 0.25) is 5.02 Å². The van der Waals surface area contributed by atoms with Crippen molar-refractivity contribution >= 4 is 40.2 Å². The summed E-state index contributed by atoms with van der Waals surface area (Å²) in [5.41, 5.74) is 1.97. The molecule has 0 fully saturated rings. The number of pyridine rings is 1. The first-order chi connectivity index (χ1) is 11.6. The fraction of sp³-hybridized carbons (Fsp3) is 0.158. The van der Waals surface area contributed by atoms with Crippen molar-refractivity contribution in [3.05, 3.63) is 71.2 Å². The van der Waals surface area contributed by atoms with E-state index in [0.29, 0.717) is 10.8 Å². The number of para-hydroxylation sites is 1. The quantitative estimate of drug-likeness (QED) is 0.664. The molecule has 1 aromatic heterocycles. The predicted molar refractivity (Wildman–Crippen MR) is 100 cm³/mol. The van der Waals surface area contributed by atoms with Gasteiger partial charge in [0.2, 0.25) is 5.91 Å². The number of hydrogen-bond donors (Lipinski definition) is 1. The number of rotatable bonds is 5. The van der Waals surface area contributed by atoms with E-state index < -0.39 is 0 Å². The molecule has 1 atom stereocenters. The lowest BCUT2D eigenvalue weighted by Crippen LogP contribution is -2.28. The Morgan fingerprint density at radius 2 is 1.88 bits per heavy atom. The first-order valence-electron chi connectivity index (χ1n) is 7.65. The summed E-state index contributed by atoms with van der Waals surface area (Å²) in [5.74, 6) is 0.320. The number of aromatic nitrogens is 1. The summed E-state index contributed by atoms with van der Waals surface area (Å²) < 4.78 is 0. The molecule has 0 bridgehead atoms. The Kier molecular flexibility index (Phi) is 5.38. The summed E-state index contributed by atoms with van der Waals surface area (Å²) in [6.45, 7) is 1.96. The molecule has 1 heterocycles. The van der Waals surface area contributed by atoms with Gasteiger partial charge >= 0.3 is 0 Å². The highest BCUT2D eigenvalue weighted by Crippen LogP contribution is 2.20. The van der Waals surface area contributed by atoms with E-state index >= 15 is 0 Å². The van der Waals surface area contributed by atoms with Gasteiger partial charge in [0.15, 0.2) is 0 Å². The molecule has 2 aromatic carbocycles. The third-order valence-corrected chi connectivity index (χ3v) is 4.85. The maximum Gasteiger partial charge on any atom is 0.230 e. The molecule has 3 nitrogen and oxygen atoms in total.